The van der Waals surface area contributed by atoms with E-state index in [9.17, 15) is 0 Å². The van der Waals surface area contributed by atoms with Gasteiger partial charge >= 0.3 is 0 Å². The molecule has 0 saturated heterocycles. The van der Waals surface area contributed by atoms with Gasteiger partial charge in [-0.3, -0.25) is 0 Å². The van der Waals surface area contributed by atoms with Gasteiger partial charge in [0.2, 0.25) is 0 Å². The first-order valence-electron chi connectivity index (χ1n) is 6.45. The van der Waals surface area contributed by atoms with Gasteiger partial charge in [0, 0.05) is 21.8 Å². The molecule has 2 nitrogen and oxygen atoms in total. The maximum absolute atomic E-state index is 6.01. The smallest absolute Gasteiger partial charge is 0.119 e. The molecule has 20 heavy (non-hydrogen) atoms. The summed E-state index contributed by atoms with van der Waals surface area (Å²) in [4.78, 5) is 1.27. The average molecular weight is 375 g/mol. The highest BCUT2D eigenvalue weighted by molar-refractivity contribution is 9.10. The number of likely N-dealkylation sites (N-methyl/N-ethyl adjacent to an activating group) is 1. The molecule has 5 heteroatoms. The monoisotopic (exact) mass is 373 g/mol. The predicted octanol–water partition coefficient (Wildman–Crippen LogP) is 5.07. The molecule has 0 spiro atoms. The van der Waals surface area contributed by atoms with Crippen LogP contribution in [0.5, 0.6) is 5.75 Å². The third-order valence-corrected chi connectivity index (χ3v) is 5.04. The van der Waals surface area contributed by atoms with Crippen molar-refractivity contribution < 1.29 is 4.74 Å². The molecule has 2 aromatic rings. The Balaban J connectivity index is 2.27. The molecular formula is C15H17BrClNOS. The molecule has 1 atom stereocenters. The minimum absolute atomic E-state index is 0.235. The van der Waals surface area contributed by atoms with Gasteiger partial charge in [0.15, 0.2) is 0 Å². The van der Waals surface area contributed by atoms with E-state index in [1.165, 1.54) is 10.4 Å². The molecule has 0 saturated carbocycles. The Labute approximate surface area is 137 Å². The summed E-state index contributed by atoms with van der Waals surface area (Å²) in [6.45, 7) is 3.02. The molecule has 1 N–H and O–H groups in total. The minimum Gasteiger partial charge on any atom is -0.497 e. The summed E-state index contributed by atoms with van der Waals surface area (Å²) in [5.41, 5.74) is 1.20. The van der Waals surface area contributed by atoms with E-state index >= 15 is 0 Å². The maximum atomic E-state index is 6.01. The molecule has 1 heterocycles. The van der Waals surface area contributed by atoms with Gasteiger partial charge in [0.25, 0.3) is 0 Å². The summed E-state index contributed by atoms with van der Waals surface area (Å²) in [7, 11) is 1.69. The van der Waals surface area contributed by atoms with Gasteiger partial charge in [-0.15, -0.1) is 11.3 Å². The van der Waals surface area contributed by atoms with Crippen molar-refractivity contribution in [1.29, 1.82) is 0 Å². The lowest BCUT2D eigenvalue weighted by molar-refractivity contribution is 0.412. The van der Waals surface area contributed by atoms with Gasteiger partial charge in [-0.2, -0.15) is 0 Å². The minimum atomic E-state index is 0.235. The first-order chi connectivity index (χ1) is 9.63. The van der Waals surface area contributed by atoms with E-state index in [1.807, 2.05) is 18.2 Å². The zero-order valence-corrected chi connectivity index (χ0v) is 14.6. The summed E-state index contributed by atoms with van der Waals surface area (Å²) in [5.74, 6) is 0.871. The van der Waals surface area contributed by atoms with Crippen LogP contribution >= 0.6 is 38.9 Å². The lowest BCUT2D eigenvalue weighted by Gasteiger charge is -2.20. The molecule has 0 aliphatic carbocycles. The highest BCUT2D eigenvalue weighted by Gasteiger charge is 2.16. The second-order valence-corrected chi connectivity index (χ2v) is 7.06. The van der Waals surface area contributed by atoms with Gasteiger partial charge in [-0.1, -0.05) is 34.5 Å². The fourth-order valence-corrected chi connectivity index (χ4v) is 3.77. The fraction of sp³-hybridized carbons (Fsp3) is 0.333. The molecule has 0 aliphatic heterocycles. The number of methoxy groups -OCH3 is 1. The molecule has 0 aliphatic rings. The van der Waals surface area contributed by atoms with E-state index in [-0.39, 0.29) is 6.04 Å². The number of benzene rings is 1. The number of hydrogen-bond donors (Lipinski definition) is 1. The zero-order chi connectivity index (χ0) is 14.5. The van der Waals surface area contributed by atoms with Crippen LogP contribution in [0.2, 0.25) is 4.34 Å². The maximum Gasteiger partial charge on any atom is 0.119 e. The van der Waals surface area contributed by atoms with Gasteiger partial charge in [0.05, 0.1) is 11.4 Å². The third kappa shape index (κ3) is 3.98. The highest BCUT2D eigenvalue weighted by Crippen LogP contribution is 2.32. The largest absolute Gasteiger partial charge is 0.497 e. The SMILES string of the molecule is CCNC(Cc1ccc(Cl)s1)c1cc(OC)ccc1Br. The van der Waals surface area contributed by atoms with Crippen molar-refractivity contribution in [3.8, 4) is 5.75 Å². The third-order valence-electron chi connectivity index (χ3n) is 3.06. The first kappa shape index (κ1) is 15.8. The molecule has 0 radical (unpaired) electrons. The second kappa shape index (κ2) is 7.46. The highest BCUT2D eigenvalue weighted by atomic mass is 79.9. The zero-order valence-electron chi connectivity index (χ0n) is 11.5. The van der Waals surface area contributed by atoms with Crippen LogP contribution in [0.4, 0.5) is 0 Å². The Hall–Kier alpha value is -0.550. The summed E-state index contributed by atoms with van der Waals surface area (Å²) in [6.07, 6.45) is 0.914. The molecule has 0 amide bonds. The molecule has 0 fully saturated rings. The Kier molecular flexibility index (Phi) is 5.90. The van der Waals surface area contributed by atoms with Crippen LogP contribution < -0.4 is 10.1 Å². The van der Waals surface area contributed by atoms with E-state index in [0.717, 1.165) is 27.5 Å². The lowest BCUT2D eigenvalue weighted by Crippen LogP contribution is -2.23. The van der Waals surface area contributed by atoms with E-state index in [1.54, 1.807) is 18.4 Å². The van der Waals surface area contributed by atoms with Crippen molar-refractivity contribution in [3.05, 3.63) is 49.6 Å². The molecule has 0 bridgehead atoms. The van der Waals surface area contributed by atoms with Crippen LogP contribution in [-0.4, -0.2) is 13.7 Å². The fourth-order valence-electron chi connectivity index (χ4n) is 2.12. The first-order valence-corrected chi connectivity index (χ1v) is 8.43. The van der Waals surface area contributed by atoms with E-state index in [4.69, 9.17) is 16.3 Å². The van der Waals surface area contributed by atoms with Gasteiger partial charge in [-0.05, 0) is 42.4 Å². The van der Waals surface area contributed by atoms with Crippen molar-refractivity contribution in [3.63, 3.8) is 0 Å². The van der Waals surface area contributed by atoms with Crippen LogP contribution in [0, 0.1) is 0 Å². The van der Waals surface area contributed by atoms with Crippen LogP contribution in [0.3, 0.4) is 0 Å². The van der Waals surface area contributed by atoms with Gasteiger partial charge < -0.3 is 10.1 Å². The predicted molar refractivity (Wildman–Crippen MR) is 90.1 cm³/mol. The molecule has 2 rings (SSSR count). The van der Waals surface area contributed by atoms with E-state index in [2.05, 4.69) is 40.3 Å². The van der Waals surface area contributed by atoms with Crippen LogP contribution in [0.15, 0.2) is 34.8 Å². The number of thiophene rings is 1. The summed E-state index contributed by atoms with van der Waals surface area (Å²) >= 11 is 11.3. The number of nitrogens with one attached hydrogen (secondary N) is 1. The Morgan fingerprint density at radius 2 is 2.15 bits per heavy atom. The number of rotatable bonds is 6. The molecule has 1 aromatic carbocycles. The van der Waals surface area contributed by atoms with Crippen molar-refractivity contribution in [1.82, 2.24) is 5.32 Å². The Morgan fingerprint density at radius 3 is 2.75 bits per heavy atom. The topological polar surface area (TPSA) is 21.3 Å². The second-order valence-electron chi connectivity index (χ2n) is 4.41. The molecule has 1 unspecified atom stereocenters. The number of ether oxygens (including phenoxy) is 1. The quantitative estimate of drug-likeness (QED) is 0.762. The summed E-state index contributed by atoms with van der Waals surface area (Å²) < 4.78 is 7.25. The van der Waals surface area contributed by atoms with Crippen LogP contribution in [0.25, 0.3) is 0 Å². The molecule has 1 aromatic heterocycles. The van der Waals surface area contributed by atoms with Crippen molar-refractivity contribution in [2.75, 3.05) is 13.7 Å². The van der Waals surface area contributed by atoms with Crippen LogP contribution in [-0.2, 0) is 6.42 Å². The Bertz CT molecular complexity index is 573. The lowest BCUT2D eigenvalue weighted by atomic mass is 10.0. The van der Waals surface area contributed by atoms with Crippen molar-refractivity contribution in [2.24, 2.45) is 0 Å². The normalized spacial score (nSPS) is 12.4. The van der Waals surface area contributed by atoms with E-state index in [0.29, 0.717) is 0 Å². The van der Waals surface area contributed by atoms with Crippen LogP contribution in [0.1, 0.15) is 23.4 Å². The average Bonchev–Trinajstić information content (AvgIpc) is 2.84. The number of halogens is 2. The molecular weight excluding hydrogens is 358 g/mol. The standard InChI is InChI=1S/C15H17BrClNOS/c1-3-18-14(9-11-5-7-15(17)20-11)12-8-10(19-2)4-6-13(12)16/h4-8,14,18H,3,9H2,1-2H3. The van der Waals surface area contributed by atoms with Gasteiger partial charge in [-0.25, -0.2) is 0 Å². The summed E-state index contributed by atoms with van der Waals surface area (Å²) in [5, 5.41) is 3.53. The van der Waals surface area contributed by atoms with Crippen molar-refractivity contribution in [2.45, 2.75) is 19.4 Å². The molecule has 108 valence electrons. The van der Waals surface area contributed by atoms with E-state index < -0.39 is 0 Å². The Morgan fingerprint density at radius 1 is 1.35 bits per heavy atom. The van der Waals surface area contributed by atoms with Crippen molar-refractivity contribution >= 4 is 38.9 Å². The van der Waals surface area contributed by atoms with Gasteiger partial charge in [0.1, 0.15) is 5.75 Å². The number of hydrogen-bond acceptors (Lipinski definition) is 3. The summed E-state index contributed by atoms with van der Waals surface area (Å²) in [6, 6.07) is 10.3.